The van der Waals surface area contributed by atoms with Crippen molar-refractivity contribution in [3.63, 3.8) is 0 Å². The number of nitrogens with zero attached hydrogens (tertiary/aromatic N) is 1. The van der Waals surface area contributed by atoms with Crippen molar-refractivity contribution in [2.45, 2.75) is 18.3 Å². The first-order valence-electron chi connectivity index (χ1n) is 5.55. The molecule has 3 unspecified atom stereocenters. The lowest BCUT2D eigenvalue weighted by Gasteiger charge is -2.19. The van der Waals surface area contributed by atoms with Crippen molar-refractivity contribution in [2.24, 2.45) is 0 Å². The van der Waals surface area contributed by atoms with Crippen LogP contribution in [-0.4, -0.2) is 69.5 Å². The van der Waals surface area contributed by atoms with Crippen molar-refractivity contribution >= 4 is 0 Å². The highest BCUT2D eigenvalue weighted by Crippen LogP contribution is 2.16. The van der Waals surface area contributed by atoms with Crippen molar-refractivity contribution in [1.29, 1.82) is 0 Å². The lowest BCUT2D eigenvalue weighted by atomic mass is 10.4. The summed E-state index contributed by atoms with van der Waals surface area (Å²) >= 11 is 0. The van der Waals surface area contributed by atoms with Crippen LogP contribution in [0, 0.1) is 0 Å². The van der Waals surface area contributed by atoms with Crippen molar-refractivity contribution in [1.82, 2.24) is 4.90 Å². The smallest absolute Gasteiger partial charge is 0.104 e. The van der Waals surface area contributed by atoms with Gasteiger partial charge in [-0.15, -0.1) is 0 Å². The predicted octanol–water partition coefficient (Wildman–Crippen LogP) is -0.541. The number of ether oxygens (including phenoxy) is 4. The van der Waals surface area contributed by atoms with Crippen LogP contribution in [0.2, 0.25) is 0 Å². The molecule has 3 aliphatic rings. The van der Waals surface area contributed by atoms with Crippen LogP contribution in [-0.2, 0) is 18.9 Å². The van der Waals surface area contributed by atoms with Gasteiger partial charge in [0.1, 0.15) is 6.10 Å². The third kappa shape index (κ3) is 3.70. The number of rotatable bonds is 8. The maximum absolute atomic E-state index is 5.57. The zero-order chi connectivity index (χ0) is 10.1. The summed E-state index contributed by atoms with van der Waals surface area (Å²) in [5, 5.41) is 0. The molecule has 5 nitrogen and oxygen atoms in total. The van der Waals surface area contributed by atoms with Crippen molar-refractivity contribution < 1.29 is 18.9 Å². The van der Waals surface area contributed by atoms with Crippen LogP contribution < -0.4 is 0 Å². The zero-order valence-electron chi connectivity index (χ0n) is 8.76. The van der Waals surface area contributed by atoms with Gasteiger partial charge >= 0.3 is 0 Å². The van der Waals surface area contributed by atoms with Gasteiger partial charge in [0.2, 0.25) is 0 Å². The van der Waals surface area contributed by atoms with Crippen LogP contribution in [0.1, 0.15) is 0 Å². The zero-order valence-corrected chi connectivity index (χ0v) is 8.76. The first-order chi connectivity index (χ1) is 7.40. The van der Waals surface area contributed by atoms with E-state index < -0.39 is 0 Å². The summed E-state index contributed by atoms with van der Waals surface area (Å²) in [6, 6.07) is 0. The molecular formula is C10H17NO4. The molecule has 3 rings (SSSR count). The Bertz CT molecular complexity index is 199. The molecule has 3 saturated heterocycles. The molecule has 86 valence electrons. The second-order valence-electron chi connectivity index (χ2n) is 4.40. The van der Waals surface area contributed by atoms with Crippen molar-refractivity contribution in [3.05, 3.63) is 0 Å². The van der Waals surface area contributed by atoms with E-state index in [4.69, 9.17) is 18.9 Å². The molecule has 0 saturated carbocycles. The summed E-state index contributed by atoms with van der Waals surface area (Å²) in [6.07, 6.45) is 1.19. The third-order valence-corrected chi connectivity index (χ3v) is 2.71. The van der Waals surface area contributed by atoms with Gasteiger partial charge in [0.05, 0.1) is 45.4 Å². The first-order valence-corrected chi connectivity index (χ1v) is 5.55. The molecule has 3 fully saturated rings. The quantitative estimate of drug-likeness (QED) is 0.402. The molecular weight excluding hydrogens is 198 g/mol. The topological polar surface area (TPSA) is 50.1 Å². The second kappa shape index (κ2) is 4.35. The summed E-state index contributed by atoms with van der Waals surface area (Å²) in [5.74, 6) is 0. The van der Waals surface area contributed by atoms with Crippen LogP contribution in [0.15, 0.2) is 0 Å². The maximum atomic E-state index is 5.57. The van der Waals surface area contributed by atoms with Crippen LogP contribution in [0.5, 0.6) is 0 Å². The molecule has 0 radical (unpaired) electrons. The number of hydrogen-bond acceptors (Lipinski definition) is 5. The van der Waals surface area contributed by atoms with E-state index in [0.717, 1.165) is 32.9 Å². The monoisotopic (exact) mass is 215 g/mol. The Labute approximate surface area is 89.2 Å². The molecule has 0 aliphatic carbocycles. The molecule has 0 aromatic heterocycles. The highest BCUT2D eigenvalue weighted by atomic mass is 16.6. The van der Waals surface area contributed by atoms with Gasteiger partial charge in [-0.25, -0.2) is 0 Å². The molecule has 3 heterocycles. The Balaban J connectivity index is 1.34. The van der Waals surface area contributed by atoms with Gasteiger partial charge in [0, 0.05) is 13.1 Å². The van der Waals surface area contributed by atoms with Gasteiger partial charge in [-0.3, -0.25) is 4.90 Å². The van der Waals surface area contributed by atoms with Crippen LogP contribution >= 0.6 is 0 Å². The van der Waals surface area contributed by atoms with E-state index in [1.807, 2.05) is 0 Å². The Hall–Kier alpha value is -0.200. The highest BCUT2D eigenvalue weighted by Gasteiger charge is 2.31. The molecule has 5 heteroatoms. The van der Waals surface area contributed by atoms with E-state index in [9.17, 15) is 0 Å². The van der Waals surface area contributed by atoms with Crippen LogP contribution in [0.25, 0.3) is 0 Å². The lowest BCUT2D eigenvalue weighted by molar-refractivity contribution is 0.0150. The average molecular weight is 215 g/mol. The summed E-state index contributed by atoms with van der Waals surface area (Å²) in [7, 11) is 0. The molecule has 3 aliphatic heterocycles. The fraction of sp³-hybridized carbons (Fsp3) is 1.00. The van der Waals surface area contributed by atoms with Gasteiger partial charge in [0.25, 0.3) is 0 Å². The predicted molar refractivity (Wildman–Crippen MR) is 51.6 cm³/mol. The Morgan fingerprint density at radius 1 is 0.933 bits per heavy atom. The minimum atomic E-state index is 0.348. The number of epoxide rings is 3. The van der Waals surface area contributed by atoms with Gasteiger partial charge in [-0.2, -0.15) is 0 Å². The molecule has 0 aromatic carbocycles. The third-order valence-electron chi connectivity index (χ3n) is 2.71. The Kier molecular flexibility index (Phi) is 2.90. The maximum Gasteiger partial charge on any atom is 0.104 e. The largest absolute Gasteiger partial charge is 0.372 e. The molecule has 0 bridgehead atoms. The summed E-state index contributed by atoms with van der Waals surface area (Å²) in [6.45, 7) is 5.96. The van der Waals surface area contributed by atoms with Crippen LogP contribution in [0.3, 0.4) is 0 Å². The number of hydrogen-bond donors (Lipinski definition) is 0. The van der Waals surface area contributed by atoms with Gasteiger partial charge < -0.3 is 18.9 Å². The lowest BCUT2D eigenvalue weighted by Crippen LogP contribution is -2.34. The minimum Gasteiger partial charge on any atom is -0.372 e. The average Bonchev–Trinajstić information content (AvgIpc) is 3.06. The van der Waals surface area contributed by atoms with Crippen LogP contribution in [0.4, 0.5) is 0 Å². The highest BCUT2D eigenvalue weighted by molar-refractivity contribution is 4.79. The summed E-state index contributed by atoms with van der Waals surface area (Å²) in [5.41, 5.74) is 0. The molecule has 0 spiro atoms. The molecule has 15 heavy (non-hydrogen) atoms. The van der Waals surface area contributed by atoms with Crippen molar-refractivity contribution in [2.75, 3.05) is 46.2 Å². The fourth-order valence-electron chi connectivity index (χ4n) is 1.58. The van der Waals surface area contributed by atoms with Gasteiger partial charge in [0.15, 0.2) is 0 Å². The van der Waals surface area contributed by atoms with E-state index in [1.54, 1.807) is 0 Å². The molecule has 3 atom stereocenters. The molecule has 0 N–H and O–H groups in total. The SMILES string of the molecule is C(OCN(CC1CO1)CC1CO1)C1CO1. The standard InChI is InChI=1S/C10H17NO4/c1(8-4-13-8)11(2-9-5-14-9)7-12-3-10-6-15-10/h8-10H,1-7H2. The molecule has 0 aromatic rings. The second-order valence-corrected chi connectivity index (χ2v) is 4.40. The van der Waals surface area contributed by atoms with Gasteiger partial charge in [-0.05, 0) is 0 Å². The Morgan fingerprint density at radius 2 is 1.47 bits per heavy atom. The minimum absolute atomic E-state index is 0.348. The van der Waals surface area contributed by atoms with E-state index in [2.05, 4.69) is 4.90 Å². The first kappa shape index (κ1) is 9.99. The Morgan fingerprint density at radius 3 is 1.93 bits per heavy atom. The van der Waals surface area contributed by atoms with E-state index >= 15 is 0 Å². The van der Waals surface area contributed by atoms with E-state index in [1.165, 1.54) is 0 Å². The fourth-order valence-corrected chi connectivity index (χ4v) is 1.58. The summed E-state index contributed by atoms with van der Waals surface area (Å²) in [4.78, 5) is 2.26. The van der Waals surface area contributed by atoms with E-state index in [0.29, 0.717) is 31.6 Å². The van der Waals surface area contributed by atoms with Crippen molar-refractivity contribution in [3.8, 4) is 0 Å². The normalized spacial score (nSPS) is 37.0. The summed E-state index contributed by atoms with van der Waals surface area (Å²) < 4.78 is 21.1. The van der Waals surface area contributed by atoms with Gasteiger partial charge in [-0.1, -0.05) is 0 Å². The molecule has 0 amide bonds. The van der Waals surface area contributed by atoms with E-state index in [-0.39, 0.29) is 0 Å².